The van der Waals surface area contributed by atoms with E-state index in [2.05, 4.69) is 44.2 Å². The Morgan fingerprint density at radius 2 is 1.73 bits per heavy atom. The van der Waals surface area contributed by atoms with Crippen LogP contribution in [-0.4, -0.2) is 75.9 Å². The number of hydrogen-bond acceptors (Lipinski definition) is 10. The van der Waals surface area contributed by atoms with Crippen LogP contribution in [0.15, 0.2) is 78.0 Å². The Hall–Kier alpha value is -4.69. The highest BCUT2D eigenvalue weighted by molar-refractivity contribution is 7.90. The number of aromatic nitrogens is 4. The molecule has 0 spiro atoms. The second-order valence-electron chi connectivity index (χ2n) is 16.1. The van der Waals surface area contributed by atoms with Gasteiger partial charge in [-0.1, -0.05) is 73.7 Å². The minimum atomic E-state index is -4.35. The summed E-state index contributed by atoms with van der Waals surface area (Å²) in [6, 6.07) is 19.3. The smallest absolute Gasteiger partial charge is 0.410 e. The van der Waals surface area contributed by atoms with Gasteiger partial charge in [0.05, 0.1) is 12.2 Å². The predicted molar refractivity (Wildman–Crippen MR) is 215 cm³/mol. The Bertz CT molecular complexity index is 2080. The van der Waals surface area contributed by atoms with Gasteiger partial charge in [-0.25, -0.2) is 24.2 Å². The fourth-order valence-electron chi connectivity index (χ4n) is 7.65. The van der Waals surface area contributed by atoms with E-state index in [1.54, 1.807) is 24.4 Å². The molecular formula is C41H52ClN7O6S. The summed E-state index contributed by atoms with van der Waals surface area (Å²) in [6.07, 6.45) is 10.6. The summed E-state index contributed by atoms with van der Waals surface area (Å²) in [5, 5.41) is 7.09. The highest BCUT2D eigenvalue weighted by Crippen LogP contribution is 2.39. The van der Waals surface area contributed by atoms with Crippen molar-refractivity contribution in [2.75, 3.05) is 25.0 Å². The molecule has 300 valence electrons. The van der Waals surface area contributed by atoms with Crippen molar-refractivity contribution < 1.29 is 27.5 Å². The van der Waals surface area contributed by atoms with Gasteiger partial charge in [0.2, 0.25) is 5.88 Å². The van der Waals surface area contributed by atoms with Gasteiger partial charge in [-0.15, -0.1) is 5.10 Å². The van der Waals surface area contributed by atoms with Gasteiger partial charge >= 0.3 is 6.09 Å². The van der Waals surface area contributed by atoms with Crippen LogP contribution in [0.5, 0.6) is 5.88 Å². The van der Waals surface area contributed by atoms with Crippen molar-refractivity contribution in [1.82, 2.24) is 29.4 Å². The Kier molecular flexibility index (Phi) is 12.9. The molecule has 2 amide bonds. The molecular weight excluding hydrogens is 754 g/mol. The van der Waals surface area contributed by atoms with E-state index in [1.165, 1.54) is 48.6 Å². The van der Waals surface area contributed by atoms with Gasteiger partial charge in [0.15, 0.2) is 10.8 Å². The number of rotatable bonds is 15. The number of sulfonamides is 1. The maximum atomic E-state index is 13.3. The van der Waals surface area contributed by atoms with Crippen LogP contribution in [0.1, 0.15) is 95.0 Å². The second-order valence-corrected chi connectivity index (χ2v) is 18.1. The lowest BCUT2D eigenvalue weighted by atomic mass is 9.86. The first-order valence-corrected chi connectivity index (χ1v) is 21.2. The Morgan fingerprint density at radius 1 is 0.964 bits per heavy atom. The zero-order valence-electron chi connectivity index (χ0n) is 32.5. The third-order valence-corrected chi connectivity index (χ3v) is 11.8. The highest BCUT2D eigenvalue weighted by Gasteiger charge is 2.45. The van der Waals surface area contributed by atoms with E-state index in [0.717, 1.165) is 37.7 Å². The molecule has 6 rings (SSSR count). The number of nitrogens with zero attached hydrogens (tertiary/aromatic N) is 5. The summed E-state index contributed by atoms with van der Waals surface area (Å²) in [4.78, 5) is 36.8. The second kappa shape index (κ2) is 17.6. The molecule has 56 heavy (non-hydrogen) atoms. The number of benzene rings is 1. The van der Waals surface area contributed by atoms with E-state index in [-0.39, 0.29) is 27.8 Å². The molecule has 1 aliphatic carbocycles. The van der Waals surface area contributed by atoms with Gasteiger partial charge in [-0.05, 0) is 101 Å². The molecule has 3 aromatic heterocycles. The molecule has 15 heteroatoms. The largest absolute Gasteiger partial charge is 0.477 e. The molecule has 0 radical (unpaired) electrons. The Labute approximate surface area is 334 Å². The van der Waals surface area contributed by atoms with Crippen LogP contribution < -0.4 is 14.8 Å². The minimum absolute atomic E-state index is 0.120. The third kappa shape index (κ3) is 10.8. The first kappa shape index (κ1) is 41.0. The number of likely N-dealkylation sites (tertiary alicyclic amines) is 1. The van der Waals surface area contributed by atoms with Crippen molar-refractivity contribution in [3.8, 4) is 11.7 Å². The molecule has 2 aliphatic rings. The fraction of sp³-hybridized carbons (Fsp3) is 0.488. The van der Waals surface area contributed by atoms with Crippen LogP contribution >= 0.6 is 11.6 Å². The lowest BCUT2D eigenvalue weighted by Gasteiger charge is -2.36. The molecule has 1 saturated carbocycles. The molecule has 1 aliphatic heterocycles. The number of hydrogen-bond donors (Lipinski definition) is 2. The van der Waals surface area contributed by atoms with Gasteiger partial charge in [-0.2, -0.15) is 8.42 Å². The number of pyridine rings is 2. The Morgan fingerprint density at radius 3 is 2.46 bits per heavy atom. The van der Waals surface area contributed by atoms with Crippen LogP contribution in [-0.2, 0) is 21.2 Å². The van der Waals surface area contributed by atoms with E-state index >= 15 is 0 Å². The van der Waals surface area contributed by atoms with E-state index in [1.807, 2.05) is 43.9 Å². The first-order valence-electron chi connectivity index (χ1n) is 19.4. The van der Waals surface area contributed by atoms with E-state index in [9.17, 15) is 18.0 Å². The normalized spacial score (nSPS) is 18.9. The van der Waals surface area contributed by atoms with E-state index in [4.69, 9.17) is 21.1 Å². The average molecular weight is 806 g/mol. The number of anilines is 1. The van der Waals surface area contributed by atoms with Gasteiger partial charge in [0, 0.05) is 30.9 Å². The zero-order valence-corrected chi connectivity index (χ0v) is 34.1. The zero-order chi connectivity index (χ0) is 39.9. The van der Waals surface area contributed by atoms with Gasteiger partial charge < -0.3 is 19.7 Å². The maximum absolute atomic E-state index is 13.3. The summed E-state index contributed by atoms with van der Waals surface area (Å²) in [5.74, 6) is 1.17. The maximum Gasteiger partial charge on any atom is 0.410 e. The van der Waals surface area contributed by atoms with Crippen molar-refractivity contribution in [3.63, 3.8) is 0 Å². The highest BCUT2D eigenvalue weighted by atomic mass is 35.5. The summed E-state index contributed by atoms with van der Waals surface area (Å²) in [7, 11) is -4.35. The number of carbonyl (C=O) groups is 2. The Balaban J connectivity index is 1.01. The van der Waals surface area contributed by atoms with Crippen molar-refractivity contribution in [2.45, 2.75) is 102 Å². The predicted octanol–water partition coefficient (Wildman–Crippen LogP) is 7.84. The van der Waals surface area contributed by atoms with Gasteiger partial charge in [0.1, 0.15) is 16.6 Å². The standard InChI is InChI=1S/C41H52ClN7O6S/c1-40(2,3)55-39(51)48-28-31(27-41(48,4)26-30-14-6-5-7-15-30)16-11-23-43-33-17-10-18-36(44-33)56(52,53)47-38(50)32-19-20-34(45-37(32)42)49-24-21-35(46-49)54-25-22-29-12-8-9-13-29/h5-7,10,14-15,17-21,24,29,31H,8-9,11-13,16,22-23,25-28H2,1-4H3,(H,43,44)(H,47,50). The molecule has 2 fully saturated rings. The van der Waals surface area contributed by atoms with E-state index in [0.29, 0.717) is 43.1 Å². The lowest BCUT2D eigenvalue weighted by molar-refractivity contribution is 0.0105. The third-order valence-electron chi connectivity index (χ3n) is 10.3. The number of halogens is 1. The van der Waals surface area contributed by atoms with Crippen LogP contribution in [0.2, 0.25) is 5.15 Å². The number of ether oxygens (including phenoxy) is 2. The minimum Gasteiger partial charge on any atom is -0.477 e. The lowest BCUT2D eigenvalue weighted by Crippen LogP contribution is -2.48. The molecule has 2 atom stereocenters. The van der Waals surface area contributed by atoms with Crippen LogP contribution in [0.25, 0.3) is 5.82 Å². The van der Waals surface area contributed by atoms with Gasteiger partial charge in [-0.3, -0.25) is 4.79 Å². The molecule has 4 heterocycles. The summed E-state index contributed by atoms with van der Waals surface area (Å²) in [6.45, 7) is 9.45. The molecule has 1 aromatic carbocycles. The van der Waals surface area contributed by atoms with Crippen molar-refractivity contribution >= 4 is 39.4 Å². The number of nitrogens with one attached hydrogen (secondary N) is 2. The molecule has 2 unspecified atom stereocenters. The van der Waals surface area contributed by atoms with Crippen molar-refractivity contribution in [1.29, 1.82) is 0 Å². The average Bonchev–Trinajstić information content (AvgIpc) is 3.91. The van der Waals surface area contributed by atoms with Crippen molar-refractivity contribution in [2.24, 2.45) is 11.8 Å². The van der Waals surface area contributed by atoms with Crippen LogP contribution in [0.3, 0.4) is 0 Å². The fourth-order valence-corrected chi connectivity index (χ4v) is 8.82. The summed E-state index contributed by atoms with van der Waals surface area (Å²) >= 11 is 6.37. The molecule has 2 N–H and O–H groups in total. The number of carbonyl (C=O) groups excluding carboxylic acids is 2. The molecule has 4 aromatic rings. The SMILES string of the molecule is CC(C)(C)OC(=O)N1CC(CCCNc2cccc(S(=O)(=O)NC(=O)c3ccc(-n4ccc(OCCC5CCCC5)n4)nc3Cl)n2)CC1(C)Cc1ccccc1. The topological polar surface area (TPSA) is 158 Å². The van der Waals surface area contributed by atoms with Crippen LogP contribution in [0.4, 0.5) is 10.6 Å². The molecule has 13 nitrogen and oxygen atoms in total. The molecule has 1 saturated heterocycles. The van der Waals surface area contributed by atoms with Crippen LogP contribution in [0, 0.1) is 11.8 Å². The monoisotopic (exact) mass is 805 g/mol. The summed E-state index contributed by atoms with van der Waals surface area (Å²) < 4.78 is 41.7. The number of amides is 2. The quantitative estimate of drug-likeness (QED) is 0.0896. The molecule has 0 bridgehead atoms. The first-order chi connectivity index (χ1) is 26.7. The van der Waals surface area contributed by atoms with Crippen molar-refractivity contribution in [3.05, 3.63) is 89.2 Å². The van der Waals surface area contributed by atoms with Gasteiger partial charge in [0.25, 0.3) is 15.9 Å². The van der Waals surface area contributed by atoms with E-state index < -0.39 is 27.1 Å². The summed E-state index contributed by atoms with van der Waals surface area (Å²) in [5.41, 5.74) is 0.0438.